The van der Waals surface area contributed by atoms with Crippen LogP contribution in [0.1, 0.15) is 31.9 Å². The lowest BCUT2D eigenvalue weighted by atomic mass is 10.2. The number of urea groups is 1. The molecule has 2 aromatic rings. The molecule has 0 saturated carbocycles. The van der Waals surface area contributed by atoms with Crippen molar-refractivity contribution in [1.82, 2.24) is 4.90 Å². The van der Waals surface area contributed by atoms with Gasteiger partial charge in [0.25, 0.3) is 0 Å². The molecular weight excluding hydrogens is 378 g/mol. The molecule has 0 saturated heterocycles. The molecular formula is C20H23N3O4S. The number of nitriles is 1. The molecule has 0 heterocycles. The number of nitrogens with one attached hydrogen (secondary N) is 1. The van der Waals surface area contributed by atoms with Crippen LogP contribution in [-0.2, 0) is 16.7 Å². The second-order valence-electron chi connectivity index (χ2n) is 6.42. The Morgan fingerprint density at radius 3 is 2.57 bits per heavy atom. The molecule has 2 amide bonds. The highest BCUT2D eigenvalue weighted by Crippen LogP contribution is 2.19. The van der Waals surface area contributed by atoms with Crippen LogP contribution >= 0.6 is 0 Å². The number of carbonyl (C=O) groups excluding carboxylic acids is 1. The molecule has 0 atom stereocenters. The van der Waals surface area contributed by atoms with E-state index in [2.05, 4.69) is 5.32 Å². The van der Waals surface area contributed by atoms with Gasteiger partial charge in [-0.15, -0.1) is 0 Å². The molecule has 0 fully saturated rings. The second kappa shape index (κ2) is 9.24. The summed E-state index contributed by atoms with van der Waals surface area (Å²) in [6.07, 6.45) is 0. The summed E-state index contributed by atoms with van der Waals surface area (Å²) in [4.78, 5) is 14.3. The van der Waals surface area contributed by atoms with Crippen LogP contribution in [0.4, 0.5) is 10.5 Å². The third kappa shape index (κ3) is 5.99. The molecule has 2 aromatic carbocycles. The zero-order valence-corrected chi connectivity index (χ0v) is 16.9. The van der Waals surface area contributed by atoms with Gasteiger partial charge in [-0.05, 0) is 56.7 Å². The molecule has 1 N–H and O–H groups in total. The predicted octanol–water partition coefficient (Wildman–Crippen LogP) is 3.73. The molecule has 2 rings (SSSR count). The van der Waals surface area contributed by atoms with E-state index in [-0.39, 0.29) is 30.1 Å². The van der Waals surface area contributed by atoms with Gasteiger partial charge in [0, 0.05) is 18.3 Å². The van der Waals surface area contributed by atoms with Gasteiger partial charge in [0.15, 0.2) is 0 Å². The molecule has 0 aromatic heterocycles. The Labute approximate surface area is 165 Å². The molecule has 148 valence electrons. The minimum absolute atomic E-state index is 0.108. The number of anilines is 1. The highest BCUT2D eigenvalue weighted by Gasteiger charge is 2.18. The van der Waals surface area contributed by atoms with Crippen molar-refractivity contribution in [2.75, 3.05) is 11.1 Å². The van der Waals surface area contributed by atoms with Crippen LogP contribution < -0.4 is 9.50 Å². The van der Waals surface area contributed by atoms with Crippen LogP contribution in [0, 0.1) is 11.3 Å². The van der Waals surface area contributed by atoms with E-state index in [1.165, 1.54) is 6.92 Å². The van der Waals surface area contributed by atoms with Crippen LogP contribution in [0.15, 0.2) is 48.5 Å². The number of rotatable bonds is 7. The molecule has 0 aliphatic heterocycles. The van der Waals surface area contributed by atoms with E-state index in [4.69, 9.17) is 9.44 Å². The summed E-state index contributed by atoms with van der Waals surface area (Å²) in [6, 6.07) is 14.9. The Morgan fingerprint density at radius 2 is 1.93 bits per heavy atom. The molecule has 0 radical (unpaired) electrons. The molecule has 7 nitrogen and oxygen atoms in total. The van der Waals surface area contributed by atoms with Gasteiger partial charge >= 0.3 is 16.1 Å². The normalized spacial score (nSPS) is 11.0. The quantitative estimate of drug-likeness (QED) is 0.713. The van der Waals surface area contributed by atoms with Crippen LogP contribution in [-0.4, -0.2) is 31.1 Å². The third-order valence-electron chi connectivity index (χ3n) is 3.96. The monoisotopic (exact) mass is 401 g/mol. The Bertz CT molecular complexity index is 981. The Kier molecular flexibility index (Phi) is 7.01. The van der Waals surface area contributed by atoms with Crippen molar-refractivity contribution in [3.8, 4) is 11.8 Å². The highest BCUT2D eigenvalue weighted by molar-refractivity contribution is 7.87. The van der Waals surface area contributed by atoms with Crippen molar-refractivity contribution in [1.29, 1.82) is 5.26 Å². The Balaban J connectivity index is 2.16. The summed E-state index contributed by atoms with van der Waals surface area (Å²) >= 11 is 0. The average molecular weight is 401 g/mol. The highest BCUT2D eigenvalue weighted by atomic mass is 32.2. The standard InChI is InChI=1S/C20H23N3O4S/c1-4-28(25,26)27-19-10-6-8-17(12-19)14-23(15(2)3)20(24)22-18-9-5-7-16(11-18)13-21/h5-12,15H,4,14H2,1-3H3,(H,22,24). The van der Waals surface area contributed by atoms with Crippen molar-refractivity contribution in [2.45, 2.75) is 33.4 Å². The predicted molar refractivity (Wildman–Crippen MR) is 107 cm³/mol. The number of carbonyl (C=O) groups is 1. The van der Waals surface area contributed by atoms with E-state index in [0.717, 1.165) is 5.56 Å². The second-order valence-corrected chi connectivity index (χ2v) is 8.28. The van der Waals surface area contributed by atoms with Crippen LogP contribution in [0.2, 0.25) is 0 Å². The lowest BCUT2D eigenvalue weighted by Crippen LogP contribution is -2.39. The fourth-order valence-corrected chi connectivity index (χ4v) is 2.96. The van der Waals surface area contributed by atoms with Crippen molar-refractivity contribution >= 4 is 21.8 Å². The first kappa shape index (κ1) is 21.3. The lowest BCUT2D eigenvalue weighted by Gasteiger charge is -2.27. The minimum Gasteiger partial charge on any atom is -0.382 e. The molecule has 0 spiro atoms. The Hall–Kier alpha value is -3.05. The van der Waals surface area contributed by atoms with Crippen LogP contribution in [0.25, 0.3) is 0 Å². The van der Waals surface area contributed by atoms with Gasteiger partial charge in [-0.2, -0.15) is 13.7 Å². The number of amides is 2. The SMILES string of the molecule is CCS(=O)(=O)Oc1cccc(CN(C(=O)Nc2cccc(C#N)c2)C(C)C)c1. The first-order valence-corrected chi connectivity index (χ1v) is 10.4. The van der Waals surface area contributed by atoms with E-state index in [0.29, 0.717) is 11.3 Å². The van der Waals surface area contributed by atoms with E-state index in [1.807, 2.05) is 19.9 Å². The first-order valence-electron chi connectivity index (χ1n) is 8.83. The van der Waals surface area contributed by atoms with Crippen molar-refractivity contribution < 1.29 is 17.4 Å². The topological polar surface area (TPSA) is 99.5 Å². The largest absolute Gasteiger partial charge is 0.382 e. The maximum Gasteiger partial charge on any atom is 0.322 e. The van der Waals surface area contributed by atoms with Crippen molar-refractivity contribution in [3.63, 3.8) is 0 Å². The number of hydrogen-bond acceptors (Lipinski definition) is 5. The maximum atomic E-state index is 12.7. The molecule has 28 heavy (non-hydrogen) atoms. The van der Waals surface area contributed by atoms with Gasteiger partial charge in [0.2, 0.25) is 0 Å². The maximum absolute atomic E-state index is 12.7. The van der Waals surface area contributed by atoms with Gasteiger partial charge in [-0.3, -0.25) is 0 Å². The van der Waals surface area contributed by atoms with Gasteiger partial charge in [0.1, 0.15) is 5.75 Å². The summed E-state index contributed by atoms with van der Waals surface area (Å²) in [5.74, 6) is 0.0877. The van der Waals surface area contributed by atoms with Gasteiger partial charge in [0.05, 0.1) is 17.4 Å². The van der Waals surface area contributed by atoms with Gasteiger partial charge in [-0.1, -0.05) is 18.2 Å². The lowest BCUT2D eigenvalue weighted by molar-refractivity contribution is 0.193. The van der Waals surface area contributed by atoms with Crippen LogP contribution in [0.3, 0.4) is 0 Å². The van der Waals surface area contributed by atoms with Crippen molar-refractivity contribution in [3.05, 3.63) is 59.7 Å². The smallest absolute Gasteiger partial charge is 0.322 e. The molecule has 8 heteroatoms. The van der Waals surface area contributed by atoms with E-state index in [1.54, 1.807) is 53.4 Å². The molecule has 0 aliphatic rings. The summed E-state index contributed by atoms with van der Waals surface area (Å²) in [5.41, 5.74) is 1.72. The fourth-order valence-electron chi connectivity index (χ4n) is 2.45. The van der Waals surface area contributed by atoms with Crippen molar-refractivity contribution in [2.24, 2.45) is 0 Å². The van der Waals surface area contributed by atoms with Gasteiger partial charge < -0.3 is 14.4 Å². The fraction of sp³-hybridized carbons (Fsp3) is 0.300. The zero-order chi connectivity index (χ0) is 20.7. The zero-order valence-electron chi connectivity index (χ0n) is 16.0. The van der Waals surface area contributed by atoms with E-state index >= 15 is 0 Å². The molecule has 0 bridgehead atoms. The summed E-state index contributed by atoms with van der Waals surface area (Å²) in [5, 5.41) is 11.8. The number of benzene rings is 2. The number of nitrogens with zero attached hydrogens (tertiary/aromatic N) is 2. The third-order valence-corrected chi connectivity index (χ3v) is 5.11. The summed E-state index contributed by atoms with van der Waals surface area (Å²) in [7, 11) is -3.62. The van der Waals surface area contributed by atoms with E-state index in [9.17, 15) is 13.2 Å². The van der Waals surface area contributed by atoms with Crippen LogP contribution in [0.5, 0.6) is 5.75 Å². The summed E-state index contributed by atoms with van der Waals surface area (Å²) in [6.45, 7) is 5.54. The average Bonchev–Trinajstić information content (AvgIpc) is 2.66. The van der Waals surface area contributed by atoms with E-state index < -0.39 is 10.1 Å². The molecule has 0 aliphatic carbocycles. The number of hydrogen-bond donors (Lipinski definition) is 1. The first-order chi connectivity index (χ1) is 13.2. The molecule has 0 unspecified atom stereocenters. The summed E-state index contributed by atoms with van der Waals surface area (Å²) < 4.78 is 28.3. The van der Waals surface area contributed by atoms with Gasteiger partial charge in [-0.25, -0.2) is 4.79 Å². The Morgan fingerprint density at radius 1 is 1.21 bits per heavy atom. The minimum atomic E-state index is -3.62.